The van der Waals surface area contributed by atoms with Crippen molar-refractivity contribution < 1.29 is 9.15 Å². The van der Waals surface area contributed by atoms with Crippen LogP contribution in [0.25, 0.3) is 11.1 Å². The van der Waals surface area contributed by atoms with E-state index in [9.17, 15) is 4.79 Å². The van der Waals surface area contributed by atoms with Gasteiger partial charge in [-0.15, -0.1) is 0 Å². The van der Waals surface area contributed by atoms with Gasteiger partial charge in [-0.25, -0.2) is 4.79 Å². The van der Waals surface area contributed by atoms with E-state index >= 15 is 0 Å². The van der Waals surface area contributed by atoms with Crippen molar-refractivity contribution in [3.8, 4) is 5.75 Å². The van der Waals surface area contributed by atoms with Crippen LogP contribution < -0.4 is 10.5 Å². The number of aromatic amines is 1. The first-order valence-electron chi connectivity index (χ1n) is 5.99. The van der Waals surface area contributed by atoms with E-state index in [1.165, 1.54) is 5.56 Å². The Morgan fingerprint density at radius 2 is 1.84 bits per heavy atom. The lowest BCUT2D eigenvalue weighted by atomic mass is 10.0. The molecule has 0 amide bonds. The Morgan fingerprint density at radius 1 is 1.11 bits per heavy atom. The minimum Gasteiger partial charge on any atom is -0.497 e. The molecule has 2 aromatic carbocycles. The first kappa shape index (κ1) is 11.6. The van der Waals surface area contributed by atoms with E-state index in [4.69, 9.17) is 9.15 Å². The van der Waals surface area contributed by atoms with Crippen LogP contribution >= 0.6 is 0 Å². The fourth-order valence-electron chi connectivity index (χ4n) is 2.08. The van der Waals surface area contributed by atoms with E-state index in [2.05, 4.69) is 4.98 Å². The van der Waals surface area contributed by atoms with Crippen LogP contribution in [0.1, 0.15) is 11.1 Å². The molecule has 0 aliphatic heterocycles. The number of fused-ring (bicyclic) bond motifs is 1. The molecule has 0 unspecified atom stereocenters. The minimum absolute atomic E-state index is 0.420. The molecule has 3 rings (SSSR count). The minimum atomic E-state index is -0.420. The zero-order valence-electron chi connectivity index (χ0n) is 10.5. The Bertz CT molecular complexity index is 753. The van der Waals surface area contributed by atoms with Crippen molar-refractivity contribution in [1.82, 2.24) is 4.98 Å². The fourth-order valence-corrected chi connectivity index (χ4v) is 2.08. The lowest BCUT2D eigenvalue weighted by Crippen LogP contribution is -1.92. The van der Waals surface area contributed by atoms with E-state index in [-0.39, 0.29) is 0 Å². The van der Waals surface area contributed by atoms with Crippen molar-refractivity contribution in [2.24, 2.45) is 0 Å². The number of ether oxygens (including phenoxy) is 1. The second-order valence-corrected chi connectivity index (χ2v) is 4.37. The molecule has 0 atom stereocenters. The topological polar surface area (TPSA) is 55.2 Å². The maximum atomic E-state index is 11.1. The summed E-state index contributed by atoms with van der Waals surface area (Å²) in [7, 11) is 1.65. The molecule has 0 saturated heterocycles. The van der Waals surface area contributed by atoms with Gasteiger partial charge in [0, 0.05) is 0 Å². The van der Waals surface area contributed by atoms with Crippen LogP contribution in [0.4, 0.5) is 0 Å². The van der Waals surface area contributed by atoms with E-state index in [1.54, 1.807) is 7.11 Å². The SMILES string of the molecule is COc1ccc(Cc2ccc3[nH]c(=O)oc3c2)cc1. The molecule has 0 bridgehead atoms. The summed E-state index contributed by atoms with van der Waals surface area (Å²) in [4.78, 5) is 13.7. The second-order valence-electron chi connectivity index (χ2n) is 4.37. The summed E-state index contributed by atoms with van der Waals surface area (Å²) < 4.78 is 10.2. The van der Waals surface area contributed by atoms with Crippen molar-refractivity contribution in [3.63, 3.8) is 0 Å². The van der Waals surface area contributed by atoms with Crippen molar-refractivity contribution in [3.05, 3.63) is 64.1 Å². The van der Waals surface area contributed by atoms with Crippen LogP contribution in [-0.2, 0) is 6.42 Å². The molecular formula is C15H13NO3. The van der Waals surface area contributed by atoms with Crippen molar-refractivity contribution >= 4 is 11.1 Å². The highest BCUT2D eigenvalue weighted by atomic mass is 16.5. The summed E-state index contributed by atoms with van der Waals surface area (Å²) >= 11 is 0. The number of nitrogens with one attached hydrogen (secondary N) is 1. The molecule has 1 N–H and O–H groups in total. The molecule has 19 heavy (non-hydrogen) atoms. The Balaban J connectivity index is 1.89. The molecule has 0 aliphatic carbocycles. The Labute approximate surface area is 109 Å². The molecule has 4 heteroatoms. The first-order valence-corrected chi connectivity index (χ1v) is 5.99. The third-order valence-corrected chi connectivity index (χ3v) is 3.05. The highest BCUT2D eigenvalue weighted by Crippen LogP contribution is 2.17. The Kier molecular flexibility index (Phi) is 2.83. The normalized spacial score (nSPS) is 10.8. The lowest BCUT2D eigenvalue weighted by Gasteiger charge is -2.03. The molecule has 0 radical (unpaired) electrons. The standard InChI is InChI=1S/C15H13NO3/c1-18-12-5-2-10(3-6-12)8-11-4-7-13-14(9-11)19-15(17)16-13/h2-7,9H,8H2,1H3,(H,16,17). The summed E-state index contributed by atoms with van der Waals surface area (Å²) in [6.45, 7) is 0. The van der Waals surface area contributed by atoms with Gasteiger partial charge in [0.1, 0.15) is 5.75 Å². The van der Waals surface area contributed by atoms with Gasteiger partial charge in [0.05, 0.1) is 12.6 Å². The van der Waals surface area contributed by atoms with Crippen LogP contribution in [0.2, 0.25) is 0 Å². The van der Waals surface area contributed by atoms with Crippen LogP contribution in [-0.4, -0.2) is 12.1 Å². The van der Waals surface area contributed by atoms with Gasteiger partial charge in [0.25, 0.3) is 0 Å². The molecule has 0 aliphatic rings. The monoisotopic (exact) mass is 255 g/mol. The van der Waals surface area contributed by atoms with Gasteiger partial charge >= 0.3 is 5.76 Å². The summed E-state index contributed by atoms with van der Waals surface area (Å²) in [5.41, 5.74) is 3.60. The molecule has 1 aromatic heterocycles. The largest absolute Gasteiger partial charge is 0.497 e. The number of H-pyrrole nitrogens is 1. The zero-order chi connectivity index (χ0) is 13.2. The van der Waals surface area contributed by atoms with Crippen LogP contribution in [0.3, 0.4) is 0 Å². The highest BCUT2D eigenvalue weighted by molar-refractivity contribution is 5.72. The van der Waals surface area contributed by atoms with Gasteiger partial charge in [0.15, 0.2) is 5.58 Å². The number of methoxy groups -OCH3 is 1. The Morgan fingerprint density at radius 3 is 2.58 bits per heavy atom. The van der Waals surface area contributed by atoms with Crippen molar-refractivity contribution in [2.45, 2.75) is 6.42 Å². The fraction of sp³-hybridized carbons (Fsp3) is 0.133. The van der Waals surface area contributed by atoms with E-state index in [1.807, 2.05) is 42.5 Å². The van der Waals surface area contributed by atoms with Crippen LogP contribution in [0.5, 0.6) is 5.75 Å². The Hall–Kier alpha value is -2.49. The zero-order valence-corrected chi connectivity index (χ0v) is 10.5. The molecular weight excluding hydrogens is 242 g/mol. The van der Waals surface area contributed by atoms with Gasteiger partial charge < -0.3 is 9.15 Å². The third kappa shape index (κ3) is 2.38. The van der Waals surface area contributed by atoms with E-state index in [0.717, 1.165) is 23.3 Å². The number of rotatable bonds is 3. The first-order chi connectivity index (χ1) is 9.24. The van der Waals surface area contributed by atoms with Gasteiger partial charge in [-0.3, -0.25) is 4.98 Å². The highest BCUT2D eigenvalue weighted by Gasteiger charge is 2.03. The summed E-state index contributed by atoms with van der Waals surface area (Å²) in [5, 5.41) is 0. The molecule has 3 aromatic rings. The number of oxazole rings is 1. The van der Waals surface area contributed by atoms with Gasteiger partial charge in [-0.2, -0.15) is 0 Å². The maximum Gasteiger partial charge on any atom is 0.417 e. The summed E-state index contributed by atoms with van der Waals surface area (Å²) in [6.07, 6.45) is 0.787. The molecule has 4 nitrogen and oxygen atoms in total. The average Bonchev–Trinajstić information content (AvgIpc) is 2.79. The number of aromatic nitrogens is 1. The number of hydrogen-bond acceptors (Lipinski definition) is 3. The molecule has 0 spiro atoms. The second kappa shape index (κ2) is 4.65. The van der Waals surface area contributed by atoms with Gasteiger partial charge in [0.2, 0.25) is 0 Å². The average molecular weight is 255 g/mol. The summed E-state index contributed by atoms with van der Waals surface area (Å²) in [6, 6.07) is 13.6. The van der Waals surface area contributed by atoms with Crippen molar-refractivity contribution in [2.75, 3.05) is 7.11 Å². The summed E-state index contributed by atoms with van der Waals surface area (Å²) in [5.74, 6) is 0.424. The van der Waals surface area contributed by atoms with Gasteiger partial charge in [-0.1, -0.05) is 18.2 Å². The van der Waals surface area contributed by atoms with E-state index < -0.39 is 5.76 Å². The number of hydrogen-bond donors (Lipinski definition) is 1. The van der Waals surface area contributed by atoms with Crippen molar-refractivity contribution in [1.29, 1.82) is 0 Å². The molecule has 0 fully saturated rings. The number of benzene rings is 2. The molecule has 96 valence electrons. The lowest BCUT2D eigenvalue weighted by molar-refractivity contribution is 0.414. The van der Waals surface area contributed by atoms with E-state index in [0.29, 0.717) is 5.58 Å². The van der Waals surface area contributed by atoms with Crippen LogP contribution in [0, 0.1) is 0 Å². The van der Waals surface area contributed by atoms with Crippen LogP contribution in [0.15, 0.2) is 51.7 Å². The predicted octanol–water partition coefficient (Wildman–Crippen LogP) is 2.72. The van der Waals surface area contributed by atoms with Gasteiger partial charge in [-0.05, 0) is 41.8 Å². The predicted molar refractivity (Wildman–Crippen MR) is 72.6 cm³/mol. The molecule has 1 heterocycles. The third-order valence-electron chi connectivity index (χ3n) is 3.05. The quantitative estimate of drug-likeness (QED) is 0.782. The molecule has 0 saturated carbocycles. The smallest absolute Gasteiger partial charge is 0.417 e. The maximum absolute atomic E-state index is 11.1.